The number of esters is 2. The van der Waals surface area contributed by atoms with Gasteiger partial charge in [-0.05, 0) is 62.9 Å². The first-order chi connectivity index (χ1) is 18.3. The maximum absolute atomic E-state index is 12.0. The molecule has 1 heterocycles. The Labute approximate surface area is 224 Å². The maximum atomic E-state index is 12.0. The number of nitrogens with zero attached hydrogens (tertiary/aromatic N) is 2. The van der Waals surface area contributed by atoms with Gasteiger partial charge in [-0.25, -0.2) is 0 Å². The lowest BCUT2D eigenvalue weighted by Gasteiger charge is -2.25. The number of hydrogen-bond acceptors (Lipinski definition) is 6. The summed E-state index contributed by atoms with van der Waals surface area (Å²) in [6, 6.07) is 16.4. The van der Waals surface area contributed by atoms with Crippen molar-refractivity contribution in [1.82, 2.24) is 4.57 Å². The number of fused-ring (bicyclic) bond motifs is 1. The highest BCUT2D eigenvalue weighted by Crippen LogP contribution is 2.31. The van der Waals surface area contributed by atoms with Crippen LogP contribution in [-0.4, -0.2) is 48.7 Å². The number of rotatable bonds is 15. The summed E-state index contributed by atoms with van der Waals surface area (Å²) in [4.78, 5) is 38.0. The second-order valence-corrected chi connectivity index (χ2v) is 9.28. The highest BCUT2D eigenvalue weighted by Gasteiger charge is 2.18. The minimum Gasteiger partial charge on any atom is -0.466 e. The summed E-state index contributed by atoms with van der Waals surface area (Å²) in [6.07, 6.45) is 2.05. The molecule has 0 saturated heterocycles. The van der Waals surface area contributed by atoms with E-state index in [2.05, 4.69) is 39.8 Å². The van der Waals surface area contributed by atoms with Crippen molar-refractivity contribution in [2.75, 3.05) is 31.2 Å². The Kier molecular flexibility index (Phi) is 10.8. The molecule has 3 rings (SSSR count). The van der Waals surface area contributed by atoms with Gasteiger partial charge in [-0.2, -0.15) is 0 Å². The molecular weight excluding hydrogens is 482 g/mol. The third-order valence-electron chi connectivity index (χ3n) is 6.57. The number of hydrogen-bond donors (Lipinski definition) is 1. The van der Waals surface area contributed by atoms with Gasteiger partial charge in [0, 0.05) is 54.8 Å². The van der Waals surface area contributed by atoms with E-state index in [0.717, 1.165) is 27.8 Å². The molecule has 204 valence electrons. The zero-order chi connectivity index (χ0) is 27.5. The summed E-state index contributed by atoms with van der Waals surface area (Å²) in [6.45, 7) is 8.28. The molecule has 0 atom stereocenters. The van der Waals surface area contributed by atoms with Crippen LogP contribution in [0.4, 0.5) is 5.69 Å². The number of amides is 1. The van der Waals surface area contributed by atoms with Crippen LogP contribution in [0.3, 0.4) is 0 Å². The van der Waals surface area contributed by atoms with Crippen LogP contribution in [0.15, 0.2) is 48.5 Å². The van der Waals surface area contributed by atoms with Crippen molar-refractivity contribution in [3.8, 4) is 0 Å². The van der Waals surface area contributed by atoms with Crippen LogP contribution in [0.1, 0.15) is 56.4 Å². The molecule has 0 aliphatic heterocycles. The predicted octanol–water partition coefficient (Wildman–Crippen LogP) is 4.52. The van der Waals surface area contributed by atoms with Gasteiger partial charge in [-0.1, -0.05) is 30.3 Å². The molecular formula is C30H39N3O5. The van der Waals surface area contributed by atoms with Gasteiger partial charge in [0.25, 0.3) is 0 Å². The van der Waals surface area contributed by atoms with Crippen LogP contribution in [0, 0.1) is 6.92 Å². The molecule has 3 aromatic rings. The van der Waals surface area contributed by atoms with Crippen LogP contribution in [0.25, 0.3) is 10.9 Å². The second kappa shape index (κ2) is 14.2. The third-order valence-corrected chi connectivity index (χ3v) is 6.57. The van der Waals surface area contributed by atoms with Crippen LogP contribution in [0.2, 0.25) is 0 Å². The zero-order valence-electron chi connectivity index (χ0n) is 22.7. The number of anilines is 1. The molecule has 0 radical (unpaired) electrons. The molecule has 0 unspecified atom stereocenters. The molecule has 0 saturated carbocycles. The summed E-state index contributed by atoms with van der Waals surface area (Å²) < 4.78 is 12.4. The van der Waals surface area contributed by atoms with Gasteiger partial charge >= 0.3 is 11.9 Å². The molecule has 1 amide bonds. The molecule has 38 heavy (non-hydrogen) atoms. The summed E-state index contributed by atoms with van der Waals surface area (Å²) in [5.74, 6) is -0.809. The summed E-state index contributed by atoms with van der Waals surface area (Å²) >= 11 is 0. The summed E-state index contributed by atoms with van der Waals surface area (Å²) in [7, 11) is 0. The first kappa shape index (κ1) is 28.8. The maximum Gasteiger partial charge on any atom is 0.305 e. The van der Waals surface area contributed by atoms with Gasteiger partial charge < -0.3 is 24.7 Å². The molecule has 2 aromatic carbocycles. The smallest absolute Gasteiger partial charge is 0.305 e. The highest BCUT2D eigenvalue weighted by molar-refractivity contribution is 5.92. The Balaban J connectivity index is 1.92. The quantitative estimate of drug-likeness (QED) is 0.295. The molecule has 2 N–H and O–H groups in total. The van der Waals surface area contributed by atoms with Gasteiger partial charge in [-0.15, -0.1) is 0 Å². The average molecular weight is 522 g/mol. The summed E-state index contributed by atoms with van der Waals surface area (Å²) in [5, 5.41) is 0.982. The van der Waals surface area contributed by atoms with Crippen LogP contribution >= 0.6 is 0 Å². The Morgan fingerprint density at radius 2 is 1.50 bits per heavy atom. The van der Waals surface area contributed by atoms with E-state index in [4.69, 9.17) is 15.2 Å². The number of carbonyl (C=O) groups excluding carboxylic acids is 3. The van der Waals surface area contributed by atoms with Crippen molar-refractivity contribution in [3.05, 3.63) is 65.4 Å². The van der Waals surface area contributed by atoms with Crippen LogP contribution < -0.4 is 10.6 Å². The number of ether oxygens (including phenoxy) is 2. The molecule has 0 aliphatic carbocycles. The zero-order valence-corrected chi connectivity index (χ0v) is 22.7. The van der Waals surface area contributed by atoms with Gasteiger partial charge in [-0.3, -0.25) is 14.4 Å². The van der Waals surface area contributed by atoms with E-state index in [0.29, 0.717) is 58.5 Å². The topological polar surface area (TPSA) is 104 Å². The fourth-order valence-electron chi connectivity index (χ4n) is 4.77. The van der Waals surface area contributed by atoms with Crippen molar-refractivity contribution < 1.29 is 23.9 Å². The van der Waals surface area contributed by atoms with E-state index in [9.17, 15) is 14.4 Å². The number of carbonyl (C=O) groups is 3. The largest absolute Gasteiger partial charge is 0.466 e. The van der Waals surface area contributed by atoms with Gasteiger partial charge in [0.2, 0.25) is 5.91 Å². The molecule has 8 heteroatoms. The second-order valence-electron chi connectivity index (χ2n) is 9.28. The Hall–Kier alpha value is -3.81. The summed E-state index contributed by atoms with van der Waals surface area (Å²) in [5.41, 5.74) is 10.7. The van der Waals surface area contributed by atoms with Crippen LogP contribution in [-0.2, 0) is 36.8 Å². The third kappa shape index (κ3) is 7.84. The van der Waals surface area contributed by atoms with Gasteiger partial charge in [0.05, 0.1) is 19.6 Å². The fraction of sp³-hybridized carbons (Fsp3) is 0.433. The number of nitrogens with two attached hydrogens (primary N) is 1. The Bertz CT molecular complexity index is 1210. The monoisotopic (exact) mass is 521 g/mol. The number of primary amides is 1. The molecule has 0 bridgehead atoms. The lowest BCUT2D eigenvalue weighted by Crippen LogP contribution is -2.27. The van der Waals surface area contributed by atoms with Gasteiger partial charge in [0.1, 0.15) is 0 Å². The predicted molar refractivity (Wildman–Crippen MR) is 149 cm³/mol. The van der Waals surface area contributed by atoms with Crippen molar-refractivity contribution in [2.24, 2.45) is 5.73 Å². The highest BCUT2D eigenvalue weighted by atomic mass is 16.5. The Morgan fingerprint density at radius 3 is 2.05 bits per heavy atom. The van der Waals surface area contributed by atoms with E-state index < -0.39 is 0 Å². The molecule has 1 aromatic heterocycles. The van der Waals surface area contributed by atoms with E-state index >= 15 is 0 Å². The van der Waals surface area contributed by atoms with E-state index in [1.807, 2.05) is 25.1 Å². The van der Waals surface area contributed by atoms with Crippen molar-refractivity contribution in [2.45, 2.75) is 59.4 Å². The lowest BCUT2D eigenvalue weighted by molar-refractivity contribution is -0.144. The van der Waals surface area contributed by atoms with Crippen LogP contribution in [0.5, 0.6) is 0 Å². The molecule has 0 aliphatic rings. The minimum atomic E-state index is -0.377. The minimum absolute atomic E-state index is 0.152. The van der Waals surface area contributed by atoms with E-state index in [-0.39, 0.29) is 24.3 Å². The van der Waals surface area contributed by atoms with Crippen molar-refractivity contribution >= 4 is 34.4 Å². The van der Waals surface area contributed by atoms with E-state index in [1.54, 1.807) is 13.8 Å². The normalized spacial score (nSPS) is 10.9. The first-order valence-corrected chi connectivity index (χ1v) is 13.3. The molecule has 8 nitrogen and oxygen atoms in total. The first-order valence-electron chi connectivity index (χ1n) is 13.3. The fourth-order valence-corrected chi connectivity index (χ4v) is 4.77. The number of benzene rings is 2. The van der Waals surface area contributed by atoms with Crippen molar-refractivity contribution in [1.29, 1.82) is 0 Å². The lowest BCUT2D eigenvalue weighted by atomic mass is 10.1. The standard InChI is InChI=1S/C30H39N3O5/c1-4-37-29(35)13-9-17-32(18-10-14-30(36)38-5-2)24-15-16-27-26(19-24)25(20-28(31)34)22(3)33(27)21-23-11-7-6-8-12-23/h6-8,11-12,15-16,19H,4-5,9-10,13-14,17-18,20-21H2,1-3H3,(H2,31,34). The SMILES string of the molecule is CCOC(=O)CCCN(CCCC(=O)OCC)c1ccc2c(c1)c(CC(N)=O)c(C)n2Cc1ccccc1. The number of aromatic nitrogens is 1. The molecule has 0 spiro atoms. The molecule has 0 fully saturated rings. The van der Waals surface area contributed by atoms with E-state index in [1.165, 1.54) is 5.56 Å². The van der Waals surface area contributed by atoms with Crippen molar-refractivity contribution in [3.63, 3.8) is 0 Å². The van der Waals surface area contributed by atoms with Gasteiger partial charge in [0.15, 0.2) is 0 Å². The average Bonchev–Trinajstić information content (AvgIpc) is 3.13. The Morgan fingerprint density at radius 1 is 0.895 bits per heavy atom.